The highest BCUT2D eigenvalue weighted by Crippen LogP contribution is 2.13. The first-order valence-electron chi connectivity index (χ1n) is 7.06. The Labute approximate surface area is 124 Å². The van der Waals surface area contributed by atoms with Gasteiger partial charge in [0.05, 0.1) is 19.6 Å². The molecule has 21 heavy (non-hydrogen) atoms. The lowest BCUT2D eigenvalue weighted by molar-refractivity contribution is -0.138. The number of carbonyl (C=O) groups is 2. The molecule has 0 atom stereocenters. The van der Waals surface area contributed by atoms with Gasteiger partial charge in [-0.05, 0) is 30.7 Å². The second-order valence-electron chi connectivity index (χ2n) is 5.15. The van der Waals surface area contributed by atoms with E-state index in [0.717, 1.165) is 6.42 Å². The second kappa shape index (κ2) is 6.97. The van der Waals surface area contributed by atoms with Crippen LogP contribution in [0.1, 0.15) is 12.8 Å². The predicted octanol–water partition coefficient (Wildman–Crippen LogP) is 0.728. The Hall–Kier alpha value is -2.24. The SMILES string of the molecule is CN1CCCN(C(=O)CCOc2ccc(N)cc2)CC1=O. The maximum absolute atomic E-state index is 12.1. The van der Waals surface area contributed by atoms with Gasteiger partial charge in [0.1, 0.15) is 5.75 Å². The van der Waals surface area contributed by atoms with Gasteiger partial charge < -0.3 is 20.3 Å². The molecule has 6 heteroatoms. The van der Waals surface area contributed by atoms with Gasteiger partial charge in [-0.2, -0.15) is 0 Å². The number of likely N-dealkylation sites (N-methyl/N-ethyl adjacent to an activating group) is 1. The standard InChI is InChI=1S/C15H21N3O3/c1-17-8-2-9-18(11-15(17)20)14(19)7-10-21-13-5-3-12(16)4-6-13/h3-6H,2,7-11,16H2,1H3. The van der Waals surface area contributed by atoms with Crippen LogP contribution in [0.4, 0.5) is 5.69 Å². The van der Waals surface area contributed by atoms with E-state index in [0.29, 0.717) is 31.1 Å². The molecule has 0 aliphatic carbocycles. The van der Waals surface area contributed by atoms with Gasteiger partial charge in [0.15, 0.2) is 0 Å². The topological polar surface area (TPSA) is 75.9 Å². The molecule has 2 rings (SSSR count). The third kappa shape index (κ3) is 4.37. The summed E-state index contributed by atoms with van der Waals surface area (Å²) in [5.74, 6) is 0.623. The van der Waals surface area contributed by atoms with Gasteiger partial charge in [-0.25, -0.2) is 0 Å². The van der Waals surface area contributed by atoms with Crippen molar-refractivity contribution < 1.29 is 14.3 Å². The number of amides is 2. The number of hydrogen-bond donors (Lipinski definition) is 1. The number of anilines is 1. The van der Waals surface area contributed by atoms with E-state index in [1.165, 1.54) is 0 Å². The Bertz CT molecular complexity index is 501. The van der Waals surface area contributed by atoms with Gasteiger partial charge in [-0.1, -0.05) is 0 Å². The van der Waals surface area contributed by atoms with Gasteiger partial charge >= 0.3 is 0 Å². The van der Waals surface area contributed by atoms with Crippen molar-refractivity contribution in [3.05, 3.63) is 24.3 Å². The van der Waals surface area contributed by atoms with Crippen LogP contribution in [0.5, 0.6) is 5.75 Å². The summed E-state index contributed by atoms with van der Waals surface area (Å²) in [5.41, 5.74) is 6.26. The minimum atomic E-state index is -0.0471. The zero-order chi connectivity index (χ0) is 15.2. The third-order valence-corrected chi connectivity index (χ3v) is 3.49. The highest BCUT2D eigenvalue weighted by atomic mass is 16.5. The summed E-state index contributed by atoms with van der Waals surface area (Å²) in [5, 5.41) is 0. The minimum Gasteiger partial charge on any atom is -0.493 e. The van der Waals surface area contributed by atoms with Gasteiger partial charge in [-0.15, -0.1) is 0 Å². The van der Waals surface area contributed by atoms with Crippen molar-refractivity contribution in [2.75, 3.05) is 39.0 Å². The number of carbonyl (C=O) groups excluding carboxylic acids is 2. The Morgan fingerprint density at radius 2 is 2.00 bits per heavy atom. The maximum Gasteiger partial charge on any atom is 0.241 e. The summed E-state index contributed by atoms with van der Waals surface area (Å²) >= 11 is 0. The molecule has 2 amide bonds. The molecular weight excluding hydrogens is 270 g/mol. The van der Waals surface area contributed by atoms with E-state index in [1.807, 2.05) is 0 Å². The molecule has 114 valence electrons. The van der Waals surface area contributed by atoms with Crippen molar-refractivity contribution >= 4 is 17.5 Å². The van der Waals surface area contributed by atoms with Crippen LogP contribution in [0, 0.1) is 0 Å². The average Bonchev–Trinajstić information content (AvgIpc) is 2.63. The first-order valence-corrected chi connectivity index (χ1v) is 7.06. The number of hydrogen-bond acceptors (Lipinski definition) is 4. The summed E-state index contributed by atoms with van der Waals surface area (Å²) in [6.45, 7) is 1.78. The Balaban J connectivity index is 1.78. The van der Waals surface area contributed by atoms with Crippen LogP contribution in [0.15, 0.2) is 24.3 Å². The second-order valence-corrected chi connectivity index (χ2v) is 5.15. The van der Waals surface area contributed by atoms with E-state index in [2.05, 4.69) is 0 Å². The van der Waals surface area contributed by atoms with Crippen LogP contribution in [0.3, 0.4) is 0 Å². The normalized spacial score (nSPS) is 15.8. The van der Waals surface area contributed by atoms with Crippen molar-refractivity contribution in [2.24, 2.45) is 0 Å². The monoisotopic (exact) mass is 291 g/mol. The smallest absolute Gasteiger partial charge is 0.241 e. The molecule has 1 saturated heterocycles. The number of nitrogens with two attached hydrogens (primary N) is 1. The fourth-order valence-corrected chi connectivity index (χ4v) is 2.18. The lowest BCUT2D eigenvalue weighted by Gasteiger charge is -2.19. The van der Waals surface area contributed by atoms with Crippen LogP contribution < -0.4 is 10.5 Å². The molecule has 1 aliphatic heterocycles. The molecule has 0 bridgehead atoms. The molecule has 0 saturated carbocycles. The Morgan fingerprint density at radius 3 is 2.71 bits per heavy atom. The maximum atomic E-state index is 12.1. The average molecular weight is 291 g/mol. The van der Waals surface area contributed by atoms with Crippen molar-refractivity contribution in [2.45, 2.75) is 12.8 Å². The zero-order valence-corrected chi connectivity index (χ0v) is 12.2. The van der Waals surface area contributed by atoms with Crippen molar-refractivity contribution in [1.29, 1.82) is 0 Å². The molecule has 1 aliphatic rings. The first-order chi connectivity index (χ1) is 10.1. The molecule has 0 unspecified atom stereocenters. The zero-order valence-electron chi connectivity index (χ0n) is 12.2. The number of ether oxygens (including phenoxy) is 1. The van der Waals surface area contributed by atoms with Crippen LogP contribution in [-0.4, -0.2) is 54.9 Å². The number of nitrogen functional groups attached to an aromatic ring is 1. The summed E-state index contributed by atoms with van der Waals surface area (Å²) in [7, 11) is 1.76. The summed E-state index contributed by atoms with van der Waals surface area (Å²) < 4.78 is 5.50. The van der Waals surface area contributed by atoms with Crippen LogP contribution in [0.25, 0.3) is 0 Å². The fourth-order valence-electron chi connectivity index (χ4n) is 2.18. The molecule has 1 aromatic carbocycles. The quantitative estimate of drug-likeness (QED) is 0.830. The molecule has 6 nitrogen and oxygen atoms in total. The molecule has 0 radical (unpaired) electrons. The molecular formula is C15H21N3O3. The van der Waals surface area contributed by atoms with Crippen LogP contribution in [0.2, 0.25) is 0 Å². The number of benzene rings is 1. The summed E-state index contributed by atoms with van der Waals surface area (Å²) in [6, 6.07) is 7.04. The van der Waals surface area contributed by atoms with E-state index in [1.54, 1.807) is 41.1 Å². The van der Waals surface area contributed by atoms with E-state index < -0.39 is 0 Å². The van der Waals surface area contributed by atoms with Gasteiger partial charge in [0.2, 0.25) is 11.8 Å². The fraction of sp³-hybridized carbons (Fsp3) is 0.467. The Morgan fingerprint density at radius 1 is 1.29 bits per heavy atom. The first kappa shape index (κ1) is 15.2. The lowest BCUT2D eigenvalue weighted by atomic mass is 10.3. The predicted molar refractivity (Wildman–Crippen MR) is 79.8 cm³/mol. The summed E-state index contributed by atoms with van der Waals surface area (Å²) in [4.78, 5) is 27.1. The highest BCUT2D eigenvalue weighted by Gasteiger charge is 2.22. The van der Waals surface area contributed by atoms with E-state index >= 15 is 0 Å². The number of rotatable bonds is 4. The molecule has 1 aromatic rings. The third-order valence-electron chi connectivity index (χ3n) is 3.49. The van der Waals surface area contributed by atoms with Crippen molar-refractivity contribution in [3.8, 4) is 5.75 Å². The van der Waals surface area contributed by atoms with Gasteiger partial charge in [-0.3, -0.25) is 9.59 Å². The van der Waals surface area contributed by atoms with Gasteiger partial charge in [0, 0.05) is 25.8 Å². The summed E-state index contributed by atoms with van der Waals surface area (Å²) in [6.07, 6.45) is 1.08. The van der Waals surface area contributed by atoms with Crippen LogP contribution >= 0.6 is 0 Å². The molecule has 0 aromatic heterocycles. The van der Waals surface area contributed by atoms with Crippen LogP contribution in [-0.2, 0) is 9.59 Å². The molecule has 2 N–H and O–H groups in total. The van der Waals surface area contributed by atoms with Gasteiger partial charge in [0.25, 0.3) is 0 Å². The molecule has 0 spiro atoms. The van der Waals surface area contributed by atoms with Crippen molar-refractivity contribution in [1.82, 2.24) is 9.80 Å². The van der Waals surface area contributed by atoms with E-state index in [9.17, 15) is 9.59 Å². The van der Waals surface area contributed by atoms with Crippen molar-refractivity contribution in [3.63, 3.8) is 0 Å². The molecule has 1 heterocycles. The highest BCUT2D eigenvalue weighted by molar-refractivity contribution is 5.85. The van der Waals surface area contributed by atoms with E-state index in [-0.39, 0.29) is 24.8 Å². The largest absolute Gasteiger partial charge is 0.493 e. The number of nitrogens with zero attached hydrogens (tertiary/aromatic N) is 2. The minimum absolute atomic E-state index is 0.0136. The Kier molecular flexibility index (Phi) is 5.03. The molecule has 1 fully saturated rings. The lowest BCUT2D eigenvalue weighted by Crippen LogP contribution is -2.38. The van der Waals surface area contributed by atoms with E-state index in [4.69, 9.17) is 10.5 Å².